The molecule has 0 aromatic heterocycles. The van der Waals surface area contributed by atoms with Gasteiger partial charge in [-0.1, -0.05) is 35.9 Å². The molecule has 22 heavy (non-hydrogen) atoms. The standard InChI is InChI=1S/C15H15ClFNO3S/c1-10(15(19)11-6-8-12(16)9-7-11)18-22(20,21)14-5-3-2-4-13(14)17/h2-10,15,18-19H,1H3. The summed E-state index contributed by atoms with van der Waals surface area (Å²) >= 11 is 5.77. The van der Waals surface area contributed by atoms with Crippen LogP contribution in [0.2, 0.25) is 5.02 Å². The second-order valence-electron chi connectivity index (χ2n) is 4.84. The largest absolute Gasteiger partial charge is 0.387 e. The van der Waals surface area contributed by atoms with Gasteiger partial charge in [0.1, 0.15) is 10.7 Å². The Hall–Kier alpha value is -1.47. The Labute approximate surface area is 133 Å². The van der Waals surface area contributed by atoms with Gasteiger partial charge in [0.25, 0.3) is 0 Å². The van der Waals surface area contributed by atoms with Gasteiger partial charge in [0.15, 0.2) is 0 Å². The van der Waals surface area contributed by atoms with Crippen LogP contribution in [0.5, 0.6) is 0 Å². The minimum absolute atomic E-state index is 0.454. The Morgan fingerprint density at radius 3 is 2.32 bits per heavy atom. The van der Waals surface area contributed by atoms with Gasteiger partial charge in [-0.25, -0.2) is 17.5 Å². The van der Waals surface area contributed by atoms with E-state index in [2.05, 4.69) is 4.72 Å². The molecule has 0 amide bonds. The van der Waals surface area contributed by atoms with Gasteiger partial charge in [0.05, 0.1) is 6.10 Å². The average molecular weight is 344 g/mol. The third-order valence-corrected chi connectivity index (χ3v) is 5.00. The molecule has 118 valence electrons. The molecule has 0 aliphatic carbocycles. The molecule has 7 heteroatoms. The van der Waals surface area contributed by atoms with Crippen molar-refractivity contribution >= 4 is 21.6 Å². The first-order valence-corrected chi connectivity index (χ1v) is 8.38. The van der Waals surface area contributed by atoms with Crippen LogP contribution in [-0.4, -0.2) is 19.6 Å². The molecule has 2 atom stereocenters. The zero-order valence-electron chi connectivity index (χ0n) is 11.7. The quantitative estimate of drug-likeness (QED) is 0.877. The number of sulfonamides is 1. The Kier molecular flexibility index (Phi) is 5.18. The Morgan fingerprint density at radius 1 is 1.14 bits per heavy atom. The number of rotatable bonds is 5. The van der Waals surface area contributed by atoms with Crippen LogP contribution in [0.1, 0.15) is 18.6 Å². The van der Waals surface area contributed by atoms with Crippen LogP contribution >= 0.6 is 11.6 Å². The van der Waals surface area contributed by atoms with Gasteiger partial charge in [0, 0.05) is 11.1 Å². The summed E-state index contributed by atoms with van der Waals surface area (Å²) in [6.45, 7) is 1.50. The lowest BCUT2D eigenvalue weighted by molar-refractivity contribution is 0.146. The lowest BCUT2D eigenvalue weighted by Crippen LogP contribution is -2.37. The molecule has 0 radical (unpaired) electrons. The molecule has 0 fully saturated rings. The Morgan fingerprint density at radius 2 is 1.73 bits per heavy atom. The molecule has 4 nitrogen and oxygen atoms in total. The van der Waals surface area contributed by atoms with Gasteiger partial charge >= 0.3 is 0 Å². The van der Waals surface area contributed by atoms with E-state index in [1.54, 1.807) is 24.3 Å². The molecule has 0 spiro atoms. The molecule has 0 heterocycles. The van der Waals surface area contributed by atoms with Crippen molar-refractivity contribution in [3.05, 3.63) is 64.9 Å². The molecule has 0 aliphatic rings. The zero-order chi connectivity index (χ0) is 16.3. The summed E-state index contributed by atoms with van der Waals surface area (Å²) in [4.78, 5) is -0.454. The first kappa shape index (κ1) is 16.9. The van der Waals surface area contributed by atoms with Crippen molar-refractivity contribution in [3.8, 4) is 0 Å². The van der Waals surface area contributed by atoms with Crippen LogP contribution in [0.3, 0.4) is 0 Å². The molecular formula is C15H15ClFNO3S. The molecule has 0 saturated carbocycles. The Bertz CT molecular complexity index is 750. The van der Waals surface area contributed by atoms with Crippen molar-refractivity contribution in [2.45, 2.75) is 24.0 Å². The highest BCUT2D eigenvalue weighted by Crippen LogP contribution is 2.21. The summed E-state index contributed by atoms with van der Waals surface area (Å²) in [5.74, 6) is -0.844. The van der Waals surface area contributed by atoms with Gasteiger partial charge in [-0.15, -0.1) is 0 Å². The number of halogens is 2. The smallest absolute Gasteiger partial charge is 0.243 e. The van der Waals surface area contributed by atoms with E-state index >= 15 is 0 Å². The highest BCUT2D eigenvalue weighted by molar-refractivity contribution is 7.89. The maximum absolute atomic E-state index is 13.6. The zero-order valence-corrected chi connectivity index (χ0v) is 13.3. The maximum atomic E-state index is 13.6. The first-order valence-electron chi connectivity index (χ1n) is 6.51. The predicted octanol–water partition coefficient (Wildman–Crippen LogP) is 2.88. The lowest BCUT2D eigenvalue weighted by Gasteiger charge is -2.20. The second kappa shape index (κ2) is 6.75. The van der Waals surface area contributed by atoms with E-state index in [1.807, 2.05) is 0 Å². The van der Waals surface area contributed by atoms with Crippen LogP contribution in [0, 0.1) is 5.82 Å². The number of aliphatic hydroxyl groups excluding tert-OH is 1. The highest BCUT2D eigenvalue weighted by Gasteiger charge is 2.25. The number of benzene rings is 2. The SMILES string of the molecule is CC(NS(=O)(=O)c1ccccc1F)C(O)c1ccc(Cl)cc1. The summed E-state index contributed by atoms with van der Waals surface area (Å²) in [7, 11) is -4.06. The van der Waals surface area contributed by atoms with Crippen LogP contribution in [0.4, 0.5) is 4.39 Å². The predicted molar refractivity (Wildman–Crippen MR) is 82.6 cm³/mol. The molecule has 2 unspecified atom stereocenters. The van der Waals surface area contributed by atoms with E-state index in [0.717, 1.165) is 6.07 Å². The summed E-state index contributed by atoms with van der Waals surface area (Å²) < 4.78 is 40.2. The summed E-state index contributed by atoms with van der Waals surface area (Å²) in [5.41, 5.74) is 0.508. The topological polar surface area (TPSA) is 66.4 Å². The molecule has 2 aromatic carbocycles. The van der Waals surface area contributed by atoms with Crippen LogP contribution < -0.4 is 4.72 Å². The van der Waals surface area contributed by atoms with Crippen molar-refractivity contribution in [3.63, 3.8) is 0 Å². The van der Waals surface area contributed by atoms with Crippen LogP contribution in [0.15, 0.2) is 53.4 Å². The summed E-state index contributed by atoms with van der Waals surface area (Å²) in [5, 5.41) is 10.7. The van der Waals surface area contributed by atoms with Crippen molar-refractivity contribution in [2.75, 3.05) is 0 Å². The Balaban J connectivity index is 2.19. The number of hydrogen-bond donors (Lipinski definition) is 2. The summed E-state index contributed by atoms with van der Waals surface area (Å²) in [6, 6.07) is 10.6. The van der Waals surface area contributed by atoms with Gasteiger partial charge < -0.3 is 5.11 Å². The molecular weight excluding hydrogens is 329 g/mol. The van der Waals surface area contributed by atoms with E-state index in [1.165, 1.54) is 25.1 Å². The van der Waals surface area contributed by atoms with E-state index in [9.17, 15) is 17.9 Å². The molecule has 0 saturated heterocycles. The van der Waals surface area contributed by atoms with Gasteiger partial charge in [-0.3, -0.25) is 0 Å². The lowest BCUT2D eigenvalue weighted by atomic mass is 10.0. The fourth-order valence-electron chi connectivity index (χ4n) is 1.98. The average Bonchev–Trinajstić information content (AvgIpc) is 2.47. The molecule has 2 aromatic rings. The minimum Gasteiger partial charge on any atom is -0.387 e. The number of aliphatic hydroxyl groups is 1. The monoisotopic (exact) mass is 343 g/mol. The third-order valence-electron chi connectivity index (χ3n) is 3.15. The van der Waals surface area contributed by atoms with E-state index < -0.39 is 32.9 Å². The van der Waals surface area contributed by atoms with Crippen molar-refractivity contribution in [1.82, 2.24) is 4.72 Å². The number of nitrogens with one attached hydrogen (secondary N) is 1. The van der Waals surface area contributed by atoms with Crippen LogP contribution in [-0.2, 0) is 10.0 Å². The maximum Gasteiger partial charge on any atom is 0.243 e. The highest BCUT2D eigenvalue weighted by atomic mass is 35.5. The summed E-state index contributed by atoms with van der Waals surface area (Å²) in [6.07, 6.45) is -1.08. The van der Waals surface area contributed by atoms with Crippen molar-refractivity contribution in [2.24, 2.45) is 0 Å². The number of hydrogen-bond acceptors (Lipinski definition) is 3. The molecule has 2 rings (SSSR count). The van der Waals surface area contributed by atoms with E-state index in [0.29, 0.717) is 10.6 Å². The van der Waals surface area contributed by atoms with Crippen molar-refractivity contribution < 1.29 is 17.9 Å². The van der Waals surface area contributed by atoms with Gasteiger partial charge in [0.2, 0.25) is 10.0 Å². The second-order valence-corrected chi connectivity index (χ2v) is 6.96. The first-order chi connectivity index (χ1) is 10.3. The third kappa shape index (κ3) is 3.84. The molecule has 2 N–H and O–H groups in total. The fraction of sp³-hybridized carbons (Fsp3) is 0.200. The normalized spacial score (nSPS) is 14.5. The van der Waals surface area contributed by atoms with E-state index in [-0.39, 0.29) is 0 Å². The molecule has 0 aliphatic heterocycles. The van der Waals surface area contributed by atoms with Crippen LogP contribution in [0.25, 0.3) is 0 Å². The minimum atomic E-state index is -4.06. The van der Waals surface area contributed by atoms with Crippen molar-refractivity contribution in [1.29, 1.82) is 0 Å². The van der Waals surface area contributed by atoms with E-state index in [4.69, 9.17) is 11.6 Å². The molecule has 0 bridgehead atoms. The van der Waals surface area contributed by atoms with Gasteiger partial charge in [-0.2, -0.15) is 0 Å². The fourth-order valence-corrected chi connectivity index (χ4v) is 3.44. The van der Waals surface area contributed by atoms with Gasteiger partial charge in [-0.05, 0) is 36.8 Å².